The molecule has 0 amide bonds. The van der Waals surface area contributed by atoms with Gasteiger partial charge in [0, 0.05) is 24.7 Å². The fourth-order valence-corrected chi connectivity index (χ4v) is 2.38. The zero-order valence-corrected chi connectivity index (χ0v) is 13.4. The highest BCUT2D eigenvalue weighted by molar-refractivity contribution is 5.25. The second kappa shape index (κ2) is 6.80. The van der Waals surface area contributed by atoms with Crippen molar-refractivity contribution in [1.29, 1.82) is 0 Å². The molecule has 2 rings (SSSR count). The van der Waals surface area contributed by atoms with Gasteiger partial charge in [-0.1, -0.05) is 13.8 Å². The average Bonchev–Trinajstić information content (AvgIpc) is 2.94. The monoisotopic (exact) mass is 287 g/mol. The number of nitrogens with two attached hydrogens (primary N) is 1. The summed E-state index contributed by atoms with van der Waals surface area (Å²) in [4.78, 5) is 0. The van der Waals surface area contributed by atoms with Gasteiger partial charge in [-0.3, -0.25) is 4.68 Å². The van der Waals surface area contributed by atoms with E-state index in [-0.39, 0.29) is 6.04 Å². The van der Waals surface area contributed by atoms with E-state index in [1.807, 2.05) is 23.9 Å². The highest BCUT2D eigenvalue weighted by Crippen LogP contribution is 2.20. The lowest BCUT2D eigenvalue weighted by Gasteiger charge is -2.14. The Kier molecular flexibility index (Phi) is 5.07. The fraction of sp³-hybridized carbons (Fsp3) is 0.562. The van der Waals surface area contributed by atoms with E-state index in [1.54, 1.807) is 0 Å². The van der Waals surface area contributed by atoms with Crippen molar-refractivity contribution < 1.29 is 0 Å². The molecule has 5 heteroatoms. The van der Waals surface area contributed by atoms with E-state index in [1.165, 1.54) is 0 Å². The van der Waals surface area contributed by atoms with Crippen LogP contribution in [0.25, 0.3) is 0 Å². The molecule has 0 bridgehead atoms. The van der Waals surface area contributed by atoms with Crippen LogP contribution >= 0.6 is 0 Å². The molecule has 21 heavy (non-hydrogen) atoms. The second-order valence-corrected chi connectivity index (χ2v) is 5.60. The van der Waals surface area contributed by atoms with Gasteiger partial charge in [0.15, 0.2) is 0 Å². The summed E-state index contributed by atoms with van der Waals surface area (Å²) in [6, 6.07) is 4.43. The van der Waals surface area contributed by atoms with Gasteiger partial charge in [0.1, 0.15) is 0 Å². The van der Waals surface area contributed by atoms with Crippen LogP contribution in [-0.2, 0) is 12.8 Å². The van der Waals surface area contributed by atoms with E-state index < -0.39 is 0 Å². The van der Waals surface area contributed by atoms with E-state index in [0.29, 0.717) is 6.04 Å². The number of hydrogen-bond acceptors (Lipinski definition) is 4. The second-order valence-electron chi connectivity index (χ2n) is 5.60. The molecule has 2 heterocycles. The van der Waals surface area contributed by atoms with Gasteiger partial charge >= 0.3 is 0 Å². The summed E-state index contributed by atoms with van der Waals surface area (Å²) in [5, 5.41) is 13.0. The van der Waals surface area contributed by atoms with Gasteiger partial charge in [-0.15, -0.1) is 0 Å². The minimum absolute atomic E-state index is 0.0885. The maximum atomic E-state index is 6.37. The molecular formula is C16H25N5. The third kappa shape index (κ3) is 3.67. The van der Waals surface area contributed by atoms with Crippen LogP contribution in [0.4, 0.5) is 0 Å². The average molecular weight is 287 g/mol. The van der Waals surface area contributed by atoms with E-state index in [4.69, 9.17) is 5.73 Å². The summed E-state index contributed by atoms with van der Waals surface area (Å²) in [6.45, 7) is 8.35. The van der Waals surface area contributed by atoms with Crippen LogP contribution in [0.1, 0.15) is 61.9 Å². The van der Waals surface area contributed by atoms with Gasteiger partial charge in [0.05, 0.1) is 17.1 Å². The van der Waals surface area contributed by atoms with Gasteiger partial charge in [-0.25, -0.2) is 0 Å². The number of aryl methyl sites for hydroxylation is 2. The maximum absolute atomic E-state index is 6.37. The highest BCUT2D eigenvalue weighted by atomic mass is 15.3. The standard InChI is InChI=1S/C16H25N5/c1-5-12(4)21-8-7-13(20-21)10-15(17)14-9-11(3)18-19-16(14)6-2/h7-9,12,15H,5-6,10,17H2,1-4H3. The predicted molar refractivity (Wildman–Crippen MR) is 84.0 cm³/mol. The van der Waals surface area contributed by atoms with Gasteiger partial charge in [-0.2, -0.15) is 15.3 Å². The largest absolute Gasteiger partial charge is 0.324 e. The summed E-state index contributed by atoms with van der Waals surface area (Å²) in [5.74, 6) is 0. The van der Waals surface area contributed by atoms with Crippen molar-refractivity contribution in [2.24, 2.45) is 5.73 Å². The predicted octanol–water partition coefficient (Wildman–Crippen LogP) is 2.76. The van der Waals surface area contributed by atoms with Gasteiger partial charge in [0.25, 0.3) is 0 Å². The van der Waals surface area contributed by atoms with Crippen molar-refractivity contribution >= 4 is 0 Å². The normalized spacial score (nSPS) is 14.1. The third-order valence-corrected chi connectivity index (χ3v) is 3.90. The molecule has 2 aromatic rings. The number of hydrogen-bond donors (Lipinski definition) is 1. The van der Waals surface area contributed by atoms with E-state index in [9.17, 15) is 0 Å². The molecule has 0 radical (unpaired) electrons. The van der Waals surface area contributed by atoms with Gasteiger partial charge in [-0.05, 0) is 44.4 Å². The zero-order chi connectivity index (χ0) is 15.4. The Morgan fingerprint density at radius 1 is 1.29 bits per heavy atom. The molecule has 5 nitrogen and oxygen atoms in total. The SMILES string of the molecule is CCc1nnc(C)cc1C(N)Cc1ccn(C(C)CC)n1. The lowest BCUT2D eigenvalue weighted by Crippen LogP contribution is -2.17. The number of rotatable bonds is 6. The molecule has 0 aromatic carbocycles. The summed E-state index contributed by atoms with van der Waals surface area (Å²) in [7, 11) is 0. The molecule has 0 aliphatic heterocycles. The van der Waals surface area contributed by atoms with Crippen molar-refractivity contribution in [3.8, 4) is 0 Å². The molecule has 114 valence electrons. The Balaban J connectivity index is 2.16. The molecule has 2 unspecified atom stereocenters. The molecule has 2 N–H and O–H groups in total. The fourth-order valence-electron chi connectivity index (χ4n) is 2.38. The quantitative estimate of drug-likeness (QED) is 0.887. The van der Waals surface area contributed by atoms with E-state index in [0.717, 1.165) is 41.9 Å². The number of aromatic nitrogens is 4. The van der Waals surface area contributed by atoms with Crippen LogP contribution < -0.4 is 5.73 Å². The Morgan fingerprint density at radius 2 is 2.05 bits per heavy atom. The lowest BCUT2D eigenvalue weighted by molar-refractivity contribution is 0.471. The van der Waals surface area contributed by atoms with Crippen LogP contribution in [0.5, 0.6) is 0 Å². The van der Waals surface area contributed by atoms with Crippen LogP contribution in [-0.4, -0.2) is 20.0 Å². The molecule has 2 aromatic heterocycles. The molecule has 0 fully saturated rings. The number of nitrogens with zero attached hydrogens (tertiary/aromatic N) is 4. The van der Waals surface area contributed by atoms with Crippen molar-refractivity contribution in [2.75, 3.05) is 0 Å². The molecular weight excluding hydrogens is 262 g/mol. The van der Waals surface area contributed by atoms with Crippen LogP contribution in [0, 0.1) is 6.92 Å². The summed E-state index contributed by atoms with van der Waals surface area (Å²) >= 11 is 0. The summed E-state index contributed by atoms with van der Waals surface area (Å²) in [5.41, 5.74) is 10.4. The Hall–Kier alpha value is -1.75. The highest BCUT2D eigenvalue weighted by Gasteiger charge is 2.15. The smallest absolute Gasteiger partial charge is 0.0676 e. The van der Waals surface area contributed by atoms with Crippen LogP contribution in [0.2, 0.25) is 0 Å². The Morgan fingerprint density at radius 3 is 2.71 bits per heavy atom. The Bertz CT molecular complexity index is 590. The minimum Gasteiger partial charge on any atom is -0.324 e. The van der Waals surface area contributed by atoms with Gasteiger partial charge < -0.3 is 5.73 Å². The van der Waals surface area contributed by atoms with Crippen molar-refractivity contribution in [3.05, 3.63) is 41.0 Å². The van der Waals surface area contributed by atoms with Crippen molar-refractivity contribution in [1.82, 2.24) is 20.0 Å². The first-order valence-corrected chi connectivity index (χ1v) is 7.67. The van der Waals surface area contributed by atoms with Crippen LogP contribution in [0.15, 0.2) is 18.3 Å². The lowest BCUT2D eigenvalue weighted by atomic mass is 10.00. The third-order valence-electron chi connectivity index (χ3n) is 3.90. The topological polar surface area (TPSA) is 69.6 Å². The molecule has 2 atom stereocenters. The zero-order valence-electron chi connectivity index (χ0n) is 13.4. The molecule has 0 saturated heterocycles. The molecule has 0 saturated carbocycles. The summed E-state index contributed by atoms with van der Waals surface area (Å²) < 4.78 is 2.01. The first-order chi connectivity index (χ1) is 10.0. The first-order valence-electron chi connectivity index (χ1n) is 7.67. The van der Waals surface area contributed by atoms with Crippen molar-refractivity contribution in [2.45, 2.75) is 59.0 Å². The maximum Gasteiger partial charge on any atom is 0.0676 e. The van der Waals surface area contributed by atoms with Crippen LogP contribution in [0.3, 0.4) is 0 Å². The van der Waals surface area contributed by atoms with E-state index >= 15 is 0 Å². The van der Waals surface area contributed by atoms with Gasteiger partial charge in [0.2, 0.25) is 0 Å². The first kappa shape index (κ1) is 15.6. The molecule has 0 aliphatic rings. The van der Waals surface area contributed by atoms with Crippen molar-refractivity contribution in [3.63, 3.8) is 0 Å². The molecule has 0 spiro atoms. The van der Waals surface area contributed by atoms with E-state index in [2.05, 4.69) is 42.1 Å². The Labute approximate surface area is 126 Å². The minimum atomic E-state index is -0.0885. The molecule has 0 aliphatic carbocycles. The summed E-state index contributed by atoms with van der Waals surface area (Å²) in [6.07, 6.45) is 4.67.